The average molecular weight is 136 g/mol. The van der Waals surface area contributed by atoms with Crippen LogP contribution in [0.4, 0.5) is 0 Å². The molecule has 1 saturated carbocycles. The van der Waals surface area contributed by atoms with Crippen molar-refractivity contribution >= 4 is 0 Å². The second-order valence-electron chi connectivity index (χ2n) is 3.77. The van der Waals surface area contributed by atoms with Crippen LogP contribution < -0.4 is 0 Å². The quantitative estimate of drug-likeness (QED) is 0.365. The van der Waals surface area contributed by atoms with Crippen LogP contribution in [-0.2, 0) is 4.74 Å². The maximum Gasteiger partial charge on any atom is 0.0847 e. The third-order valence-corrected chi connectivity index (χ3v) is 3.15. The van der Waals surface area contributed by atoms with E-state index in [1.54, 1.807) is 0 Å². The van der Waals surface area contributed by atoms with Crippen LogP contribution >= 0.6 is 0 Å². The third kappa shape index (κ3) is 0.615. The SMILES string of the molecule is C1=CC2CC3OC3CC2C1. The lowest BCUT2D eigenvalue weighted by Gasteiger charge is -2.20. The second kappa shape index (κ2) is 1.65. The standard InChI is InChI=1S/C9H12O/c1-2-6-4-8-9(10-8)5-7(6)3-1/h1-2,6-9H,3-5H2. The molecule has 0 aromatic carbocycles. The molecule has 0 aromatic heterocycles. The van der Waals surface area contributed by atoms with Gasteiger partial charge in [-0.3, -0.25) is 0 Å². The summed E-state index contributed by atoms with van der Waals surface area (Å²) in [6.07, 6.45) is 10.0. The van der Waals surface area contributed by atoms with Gasteiger partial charge in [-0.2, -0.15) is 0 Å². The van der Waals surface area contributed by atoms with Crippen LogP contribution in [-0.4, -0.2) is 12.2 Å². The second-order valence-corrected chi connectivity index (χ2v) is 3.77. The molecule has 10 heavy (non-hydrogen) atoms. The average Bonchev–Trinajstić information content (AvgIpc) is 2.52. The molecule has 0 spiro atoms. The molecule has 3 aliphatic rings. The maximum absolute atomic E-state index is 5.48. The minimum absolute atomic E-state index is 0.656. The summed E-state index contributed by atoms with van der Waals surface area (Å²) in [4.78, 5) is 0. The van der Waals surface area contributed by atoms with E-state index in [0.29, 0.717) is 12.2 Å². The topological polar surface area (TPSA) is 12.5 Å². The molecular weight excluding hydrogens is 124 g/mol. The first-order chi connectivity index (χ1) is 4.93. The van der Waals surface area contributed by atoms with Gasteiger partial charge in [0.2, 0.25) is 0 Å². The highest BCUT2D eigenvalue weighted by molar-refractivity contribution is 5.09. The van der Waals surface area contributed by atoms with Gasteiger partial charge in [-0.15, -0.1) is 0 Å². The van der Waals surface area contributed by atoms with E-state index in [1.807, 2.05) is 0 Å². The van der Waals surface area contributed by atoms with E-state index in [2.05, 4.69) is 12.2 Å². The molecule has 2 fully saturated rings. The molecule has 3 rings (SSSR count). The Labute approximate surface area is 61.1 Å². The Morgan fingerprint density at radius 3 is 3.10 bits per heavy atom. The normalized spacial score (nSPS) is 56.0. The molecule has 4 atom stereocenters. The summed E-state index contributed by atoms with van der Waals surface area (Å²) < 4.78 is 5.48. The fraction of sp³-hybridized carbons (Fsp3) is 0.778. The highest BCUT2D eigenvalue weighted by Gasteiger charge is 2.47. The minimum atomic E-state index is 0.656. The van der Waals surface area contributed by atoms with Crippen molar-refractivity contribution in [3.63, 3.8) is 0 Å². The van der Waals surface area contributed by atoms with Gasteiger partial charge in [0.05, 0.1) is 12.2 Å². The predicted molar refractivity (Wildman–Crippen MR) is 38.6 cm³/mol. The first-order valence-electron chi connectivity index (χ1n) is 4.25. The molecule has 4 unspecified atom stereocenters. The molecule has 1 heteroatoms. The van der Waals surface area contributed by atoms with E-state index in [9.17, 15) is 0 Å². The van der Waals surface area contributed by atoms with E-state index in [1.165, 1.54) is 19.3 Å². The Kier molecular flexibility index (Phi) is 0.883. The van der Waals surface area contributed by atoms with Crippen molar-refractivity contribution in [1.29, 1.82) is 0 Å². The number of epoxide rings is 1. The summed E-state index contributed by atoms with van der Waals surface area (Å²) >= 11 is 0. The number of hydrogen-bond donors (Lipinski definition) is 0. The first-order valence-corrected chi connectivity index (χ1v) is 4.25. The van der Waals surface area contributed by atoms with Gasteiger partial charge in [0.25, 0.3) is 0 Å². The smallest absolute Gasteiger partial charge is 0.0847 e. The molecular formula is C9H12O. The molecule has 54 valence electrons. The van der Waals surface area contributed by atoms with Crippen LogP contribution in [0.5, 0.6) is 0 Å². The molecule has 0 aromatic rings. The fourth-order valence-corrected chi connectivity index (χ4v) is 2.46. The van der Waals surface area contributed by atoms with Gasteiger partial charge in [0.15, 0.2) is 0 Å². The van der Waals surface area contributed by atoms with E-state index < -0.39 is 0 Å². The van der Waals surface area contributed by atoms with E-state index >= 15 is 0 Å². The predicted octanol–water partition coefficient (Wildman–Crippen LogP) is 1.74. The van der Waals surface area contributed by atoms with Crippen LogP contribution in [0, 0.1) is 11.8 Å². The van der Waals surface area contributed by atoms with Crippen LogP contribution in [0.25, 0.3) is 0 Å². The first kappa shape index (κ1) is 5.36. The lowest BCUT2D eigenvalue weighted by Crippen LogP contribution is -2.19. The molecule has 2 aliphatic carbocycles. The van der Waals surface area contributed by atoms with Crippen molar-refractivity contribution in [1.82, 2.24) is 0 Å². The Morgan fingerprint density at radius 1 is 1.20 bits per heavy atom. The largest absolute Gasteiger partial charge is 0.370 e. The number of rotatable bonds is 0. The van der Waals surface area contributed by atoms with Gasteiger partial charge in [0.1, 0.15) is 0 Å². The van der Waals surface area contributed by atoms with Crippen molar-refractivity contribution in [3.8, 4) is 0 Å². The Hall–Kier alpha value is -0.300. The summed E-state index contributed by atoms with van der Waals surface area (Å²) in [6.45, 7) is 0. The molecule has 0 bridgehead atoms. The summed E-state index contributed by atoms with van der Waals surface area (Å²) in [5, 5.41) is 0. The zero-order valence-corrected chi connectivity index (χ0v) is 5.99. The number of fused-ring (bicyclic) bond motifs is 2. The van der Waals surface area contributed by atoms with Gasteiger partial charge in [-0.1, -0.05) is 12.2 Å². The molecule has 0 amide bonds. The van der Waals surface area contributed by atoms with Gasteiger partial charge in [0, 0.05) is 0 Å². The number of allylic oxidation sites excluding steroid dienone is 2. The van der Waals surface area contributed by atoms with Crippen LogP contribution in [0.1, 0.15) is 19.3 Å². The summed E-state index contributed by atoms with van der Waals surface area (Å²) in [5.41, 5.74) is 0. The van der Waals surface area contributed by atoms with Gasteiger partial charge >= 0.3 is 0 Å². The van der Waals surface area contributed by atoms with Crippen molar-refractivity contribution in [2.45, 2.75) is 31.5 Å². The summed E-state index contributed by atoms with van der Waals surface area (Å²) in [7, 11) is 0. The summed E-state index contributed by atoms with van der Waals surface area (Å²) in [6, 6.07) is 0. The highest BCUT2D eigenvalue weighted by Crippen LogP contribution is 2.46. The van der Waals surface area contributed by atoms with Gasteiger partial charge in [-0.25, -0.2) is 0 Å². The zero-order chi connectivity index (χ0) is 6.55. The maximum atomic E-state index is 5.48. The molecule has 1 aliphatic heterocycles. The molecule has 1 saturated heterocycles. The summed E-state index contributed by atoms with van der Waals surface area (Å²) in [5.74, 6) is 1.83. The molecule has 0 N–H and O–H groups in total. The fourth-order valence-electron chi connectivity index (χ4n) is 2.46. The van der Waals surface area contributed by atoms with Crippen LogP contribution in [0.2, 0.25) is 0 Å². The van der Waals surface area contributed by atoms with Crippen molar-refractivity contribution in [2.24, 2.45) is 11.8 Å². The molecule has 1 nitrogen and oxygen atoms in total. The number of hydrogen-bond acceptors (Lipinski definition) is 1. The minimum Gasteiger partial charge on any atom is -0.370 e. The van der Waals surface area contributed by atoms with Crippen molar-refractivity contribution < 1.29 is 4.74 Å². The van der Waals surface area contributed by atoms with Gasteiger partial charge < -0.3 is 4.74 Å². The lowest BCUT2D eigenvalue weighted by atomic mass is 9.82. The monoisotopic (exact) mass is 136 g/mol. The highest BCUT2D eigenvalue weighted by atomic mass is 16.6. The van der Waals surface area contributed by atoms with E-state index in [0.717, 1.165) is 11.8 Å². The van der Waals surface area contributed by atoms with Crippen LogP contribution in [0.3, 0.4) is 0 Å². The van der Waals surface area contributed by atoms with Gasteiger partial charge in [-0.05, 0) is 31.1 Å². The Balaban J connectivity index is 1.83. The Bertz CT molecular complexity index is 185. The third-order valence-electron chi connectivity index (χ3n) is 3.15. The van der Waals surface area contributed by atoms with Crippen molar-refractivity contribution in [2.75, 3.05) is 0 Å². The molecule has 0 radical (unpaired) electrons. The molecule has 1 heterocycles. The van der Waals surface area contributed by atoms with E-state index in [-0.39, 0.29) is 0 Å². The van der Waals surface area contributed by atoms with Crippen LogP contribution in [0.15, 0.2) is 12.2 Å². The number of ether oxygens (including phenoxy) is 1. The van der Waals surface area contributed by atoms with Crippen molar-refractivity contribution in [3.05, 3.63) is 12.2 Å². The lowest BCUT2D eigenvalue weighted by molar-refractivity contribution is 0.337. The zero-order valence-electron chi connectivity index (χ0n) is 5.99. The van der Waals surface area contributed by atoms with E-state index in [4.69, 9.17) is 4.74 Å². The Morgan fingerprint density at radius 2 is 2.10 bits per heavy atom.